The summed E-state index contributed by atoms with van der Waals surface area (Å²) in [4.78, 5) is 12.6. The SMILES string of the molecule is CCC(COC)NC(=O)c1c(C)noc1-c1cccc(C(F)(F)F)c1. The van der Waals surface area contributed by atoms with Gasteiger partial charge in [-0.25, -0.2) is 0 Å². The molecule has 2 aromatic rings. The molecule has 1 aromatic heterocycles. The predicted octanol–water partition coefficient (Wildman–Crippen LogP) is 3.82. The number of carbonyl (C=O) groups is 1. The van der Waals surface area contributed by atoms with Gasteiger partial charge in [0.1, 0.15) is 5.56 Å². The highest BCUT2D eigenvalue weighted by Gasteiger charge is 2.31. The number of hydrogen-bond acceptors (Lipinski definition) is 4. The van der Waals surface area contributed by atoms with E-state index in [1.807, 2.05) is 6.92 Å². The van der Waals surface area contributed by atoms with Crippen molar-refractivity contribution < 1.29 is 27.2 Å². The molecule has 0 saturated carbocycles. The molecular formula is C17H19F3N2O3. The lowest BCUT2D eigenvalue weighted by molar-refractivity contribution is -0.137. The fourth-order valence-corrected chi connectivity index (χ4v) is 2.39. The highest BCUT2D eigenvalue weighted by Crippen LogP contribution is 2.33. The number of hydrogen-bond donors (Lipinski definition) is 1. The van der Waals surface area contributed by atoms with Crippen LogP contribution in [0.4, 0.5) is 13.2 Å². The Kier molecular flexibility index (Phi) is 5.84. The monoisotopic (exact) mass is 356 g/mol. The molecule has 1 amide bonds. The van der Waals surface area contributed by atoms with Gasteiger partial charge in [0.25, 0.3) is 5.91 Å². The van der Waals surface area contributed by atoms with Crippen LogP contribution in [0.2, 0.25) is 0 Å². The van der Waals surface area contributed by atoms with Crippen LogP contribution in [0, 0.1) is 6.92 Å². The molecule has 1 N–H and O–H groups in total. The molecule has 1 unspecified atom stereocenters. The number of aryl methyl sites for hydroxylation is 1. The van der Waals surface area contributed by atoms with Crippen molar-refractivity contribution in [3.05, 3.63) is 41.1 Å². The van der Waals surface area contributed by atoms with Crippen molar-refractivity contribution in [1.82, 2.24) is 10.5 Å². The first-order chi connectivity index (χ1) is 11.8. The van der Waals surface area contributed by atoms with E-state index in [2.05, 4.69) is 10.5 Å². The molecule has 0 saturated heterocycles. The standard InChI is InChI=1S/C17H19F3N2O3/c1-4-13(9-24-3)21-16(23)14-10(2)22-25-15(14)11-6-5-7-12(8-11)17(18,19)20/h5-8,13H,4,9H2,1-3H3,(H,21,23). The number of benzene rings is 1. The summed E-state index contributed by atoms with van der Waals surface area (Å²) in [6.45, 7) is 3.77. The molecule has 1 atom stereocenters. The Bertz CT molecular complexity index is 741. The quantitative estimate of drug-likeness (QED) is 0.855. The highest BCUT2D eigenvalue weighted by atomic mass is 19.4. The van der Waals surface area contributed by atoms with Gasteiger partial charge in [0.05, 0.1) is 23.9 Å². The summed E-state index contributed by atoms with van der Waals surface area (Å²) in [5.41, 5.74) is -0.261. The van der Waals surface area contributed by atoms with Crippen LogP contribution < -0.4 is 5.32 Å². The summed E-state index contributed by atoms with van der Waals surface area (Å²) in [5, 5.41) is 6.52. The maximum Gasteiger partial charge on any atom is 0.416 e. The molecule has 25 heavy (non-hydrogen) atoms. The van der Waals surface area contributed by atoms with Crippen LogP contribution in [-0.4, -0.2) is 30.8 Å². The summed E-state index contributed by atoms with van der Waals surface area (Å²) in [7, 11) is 1.52. The van der Waals surface area contributed by atoms with Gasteiger partial charge >= 0.3 is 6.18 Å². The molecule has 0 aliphatic rings. The van der Waals surface area contributed by atoms with E-state index in [9.17, 15) is 18.0 Å². The Hall–Kier alpha value is -2.35. The molecule has 0 aliphatic carbocycles. The molecule has 0 aliphatic heterocycles. The number of nitrogens with zero attached hydrogens (tertiary/aromatic N) is 1. The molecule has 8 heteroatoms. The Balaban J connectivity index is 2.38. The second-order valence-electron chi connectivity index (χ2n) is 5.58. The number of amides is 1. The second-order valence-corrected chi connectivity index (χ2v) is 5.58. The van der Waals surface area contributed by atoms with Crippen molar-refractivity contribution in [2.24, 2.45) is 0 Å². The fourth-order valence-electron chi connectivity index (χ4n) is 2.39. The minimum atomic E-state index is -4.49. The zero-order chi connectivity index (χ0) is 18.6. The van der Waals surface area contributed by atoms with Crippen molar-refractivity contribution in [3.63, 3.8) is 0 Å². The van der Waals surface area contributed by atoms with Crippen molar-refractivity contribution in [3.8, 4) is 11.3 Å². The number of carbonyl (C=O) groups excluding carboxylic acids is 1. The fraction of sp³-hybridized carbons (Fsp3) is 0.412. The van der Waals surface area contributed by atoms with Crippen molar-refractivity contribution in [2.75, 3.05) is 13.7 Å². The Morgan fingerprint density at radius 1 is 1.40 bits per heavy atom. The van der Waals surface area contributed by atoms with E-state index in [0.29, 0.717) is 18.7 Å². The van der Waals surface area contributed by atoms with Crippen LogP contribution in [0.15, 0.2) is 28.8 Å². The highest BCUT2D eigenvalue weighted by molar-refractivity contribution is 6.00. The number of nitrogens with one attached hydrogen (secondary N) is 1. The topological polar surface area (TPSA) is 64.4 Å². The maximum atomic E-state index is 12.9. The van der Waals surface area contributed by atoms with Gasteiger partial charge in [-0.05, 0) is 25.5 Å². The molecule has 1 heterocycles. The van der Waals surface area contributed by atoms with Crippen molar-refractivity contribution in [2.45, 2.75) is 32.5 Å². The minimum Gasteiger partial charge on any atom is -0.383 e. The molecular weight excluding hydrogens is 337 g/mol. The zero-order valence-electron chi connectivity index (χ0n) is 14.1. The largest absolute Gasteiger partial charge is 0.416 e. The lowest BCUT2D eigenvalue weighted by Crippen LogP contribution is -2.37. The van der Waals surface area contributed by atoms with Gasteiger partial charge in [0.2, 0.25) is 0 Å². The molecule has 1 aromatic carbocycles. The van der Waals surface area contributed by atoms with Crippen LogP contribution in [0.3, 0.4) is 0 Å². The smallest absolute Gasteiger partial charge is 0.383 e. The summed E-state index contributed by atoms with van der Waals surface area (Å²) < 4.78 is 48.9. The van der Waals surface area contributed by atoms with Gasteiger partial charge in [-0.1, -0.05) is 24.2 Å². The van der Waals surface area contributed by atoms with Gasteiger partial charge in [-0.3, -0.25) is 4.79 Å². The number of ether oxygens (including phenoxy) is 1. The van der Waals surface area contributed by atoms with Crippen LogP contribution in [0.1, 0.15) is 35.0 Å². The van der Waals surface area contributed by atoms with Gasteiger partial charge in [0, 0.05) is 12.7 Å². The number of aromatic nitrogens is 1. The maximum absolute atomic E-state index is 12.9. The third kappa shape index (κ3) is 4.39. The first-order valence-electron chi connectivity index (χ1n) is 7.71. The lowest BCUT2D eigenvalue weighted by atomic mass is 10.0. The van der Waals surface area contributed by atoms with E-state index in [1.165, 1.54) is 19.2 Å². The molecule has 0 fully saturated rings. The lowest BCUT2D eigenvalue weighted by Gasteiger charge is -2.16. The molecule has 2 rings (SSSR count). The van der Waals surface area contributed by atoms with E-state index in [0.717, 1.165) is 12.1 Å². The summed E-state index contributed by atoms with van der Waals surface area (Å²) in [5.74, 6) is -0.455. The zero-order valence-corrected chi connectivity index (χ0v) is 14.1. The van der Waals surface area contributed by atoms with Crippen LogP contribution in [0.25, 0.3) is 11.3 Å². The van der Waals surface area contributed by atoms with Crippen LogP contribution >= 0.6 is 0 Å². The number of methoxy groups -OCH3 is 1. The molecule has 0 bridgehead atoms. The summed E-state index contributed by atoms with van der Waals surface area (Å²) in [6, 6.07) is 4.37. The summed E-state index contributed by atoms with van der Waals surface area (Å²) in [6.07, 6.45) is -3.85. The summed E-state index contributed by atoms with van der Waals surface area (Å²) >= 11 is 0. The first-order valence-corrected chi connectivity index (χ1v) is 7.71. The Morgan fingerprint density at radius 3 is 2.72 bits per heavy atom. The predicted molar refractivity (Wildman–Crippen MR) is 85.1 cm³/mol. The average Bonchev–Trinajstić information content (AvgIpc) is 2.95. The average molecular weight is 356 g/mol. The normalized spacial score (nSPS) is 12.9. The Morgan fingerprint density at radius 2 is 2.12 bits per heavy atom. The number of halogens is 3. The van der Waals surface area contributed by atoms with E-state index in [-0.39, 0.29) is 22.9 Å². The number of alkyl halides is 3. The van der Waals surface area contributed by atoms with E-state index in [4.69, 9.17) is 9.26 Å². The third-order valence-electron chi connectivity index (χ3n) is 3.74. The van der Waals surface area contributed by atoms with Crippen LogP contribution in [0.5, 0.6) is 0 Å². The molecule has 0 radical (unpaired) electrons. The van der Waals surface area contributed by atoms with E-state index in [1.54, 1.807) is 6.92 Å². The van der Waals surface area contributed by atoms with Crippen molar-refractivity contribution in [1.29, 1.82) is 0 Å². The molecule has 136 valence electrons. The van der Waals surface area contributed by atoms with Gasteiger partial charge in [-0.2, -0.15) is 13.2 Å². The Labute approximate surface area is 143 Å². The van der Waals surface area contributed by atoms with Crippen LogP contribution in [-0.2, 0) is 10.9 Å². The second kappa shape index (κ2) is 7.69. The van der Waals surface area contributed by atoms with E-state index >= 15 is 0 Å². The van der Waals surface area contributed by atoms with Gasteiger partial charge in [-0.15, -0.1) is 0 Å². The third-order valence-corrected chi connectivity index (χ3v) is 3.74. The number of rotatable bonds is 6. The van der Waals surface area contributed by atoms with E-state index < -0.39 is 17.6 Å². The van der Waals surface area contributed by atoms with Crippen molar-refractivity contribution >= 4 is 5.91 Å². The molecule has 0 spiro atoms. The minimum absolute atomic E-state index is 0.00775. The van der Waals surface area contributed by atoms with Gasteiger partial charge in [0.15, 0.2) is 5.76 Å². The van der Waals surface area contributed by atoms with Gasteiger partial charge < -0.3 is 14.6 Å². The first kappa shape index (κ1) is 19.0. The molecule has 5 nitrogen and oxygen atoms in total.